The van der Waals surface area contributed by atoms with Gasteiger partial charge < -0.3 is 14.2 Å². The molecule has 0 rings (SSSR count). The van der Waals surface area contributed by atoms with Gasteiger partial charge in [-0.3, -0.25) is 14.4 Å². The van der Waals surface area contributed by atoms with Crippen LogP contribution in [0.2, 0.25) is 0 Å². The first-order valence-corrected chi connectivity index (χ1v) is 29.6. The van der Waals surface area contributed by atoms with E-state index in [0.717, 1.165) is 109 Å². The normalized spacial score (nSPS) is 12.7. The number of ether oxygens (including phenoxy) is 3. The summed E-state index contributed by atoms with van der Waals surface area (Å²) in [5.74, 6) is -0.910. The van der Waals surface area contributed by atoms with Crippen molar-refractivity contribution in [3.05, 3.63) is 85.1 Å². The molecule has 0 aliphatic heterocycles. The highest BCUT2D eigenvalue weighted by molar-refractivity contribution is 5.71. The zero-order valence-corrected chi connectivity index (χ0v) is 46.0. The number of unbranched alkanes of at least 4 members (excludes halogenated alkanes) is 28. The second kappa shape index (κ2) is 58.2. The van der Waals surface area contributed by atoms with Crippen molar-refractivity contribution in [3.63, 3.8) is 0 Å². The Morgan fingerprint density at radius 1 is 0.300 bits per heavy atom. The van der Waals surface area contributed by atoms with E-state index in [9.17, 15) is 14.4 Å². The molecule has 0 aromatic carbocycles. The van der Waals surface area contributed by atoms with Gasteiger partial charge in [0.25, 0.3) is 0 Å². The standard InChI is InChI=1S/C64H110O6/c1-4-7-10-13-16-19-22-24-26-28-29-30-31-32-33-34-35-37-38-40-42-45-48-51-54-57-63(66)69-60-61(59-68-62(65)56-53-50-47-44-21-18-15-12-9-6-3)70-64(67)58-55-52-49-46-43-41-39-36-27-25-23-20-17-14-11-8-5-2/h8,11,17,20,22,24-25,27-29,31-32,39,41,61H,4-7,9-10,12-16,18-19,21,23,26,30,33-38,40,42-60H2,1-3H3/b11-8-,20-17-,24-22-,27-25-,29-28-,32-31-,41-39-. The Morgan fingerprint density at radius 2 is 0.557 bits per heavy atom. The summed E-state index contributed by atoms with van der Waals surface area (Å²) in [5, 5.41) is 0. The van der Waals surface area contributed by atoms with Crippen LogP contribution in [0.1, 0.15) is 284 Å². The van der Waals surface area contributed by atoms with Crippen molar-refractivity contribution >= 4 is 17.9 Å². The third-order valence-corrected chi connectivity index (χ3v) is 12.6. The monoisotopic (exact) mass is 975 g/mol. The predicted molar refractivity (Wildman–Crippen MR) is 302 cm³/mol. The molecule has 0 aromatic rings. The van der Waals surface area contributed by atoms with Crippen molar-refractivity contribution in [2.24, 2.45) is 0 Å². The van der Waals surface area contributed by atoms with Gasteiger partial charge in [0.1, 0.15) is 13.2 Å². The number of carbonyl (C=O) groups is 3. The minimum Gasteiger partial charge on any atom is -0.462 e. The summed E-state index contributed by atoms with van der Waals surface area (Å²) >= 11 is 0. The van der Waals surface area contributed by atoms with E-state index in [-0.39, 0.29) is 31.1 Å². The van der Waals surface area contributed by atoms with Crippen LogP contribution in [-0.2, 0) is 28.6 Å². The molecule has 0 heterocycles. The third kappa shape index (κ3) is 55.5. The summed E-state index contributed by atoms with van der Waals surface area (Å²) in [6.07, 6.45) is 75.8. The molecule has 70 heavy (non-hydrogen) atoms. The van der Waals surface area contributed by atoms with Gasteiger partial charge in [0.15, 0.2) is 6.10 Å². The van der Waals surface area contributed by atoms with Gasteiger partial charge in [-0.15, -0.1) is 0 Å². The quantitative estimate of drug-likeness (QED) is 0.0261. The molecule has 0 bridgehead atoms. The van der Waals surface area contributed by atoms with Crippen molar-refractivity contribution in [1.29, 1.82) is 0 Å². The van der Waals surface area contributed by atoms with Crippen LogP contribution in [0, 0.1) is 0 Å². The molecule has 0 radical (unpaired) electrons. The van der Waals surface area contributed by atoms with Crippen LogP contribution in [0.15, 0.2) is 85.1 Å². The lowest BCUT2D eigenvalue weighted by Gasteiger charge is -2.18. The molecule has 0 aliphatic rings. The van der Waals surface area contributed by atoms with Crippen molar-refractivity contribution in [3.8, 4) is 0 Å². The zero-order valence-electron chi connectivity index (χ0n) is 46.0. The number of carbonyl (C=O) groups excluding carboxylic acids is 3. The summed E-state index contributed by atoms with van der Waals surface area (Å²) in [6.45, 7) is 6.49. The Hall–Kier alpha value is -3.41. The molecule has 0 N–H and O–H groups in total. The van der Waals surface area contributed by atoms with E-state index in [1.165, 1.54) is 135 Å². The number of hydrogen-bond acceptors (Lipinski definition) is 6. The summed E-state index contributed by atoms with van der Waals surface area (Å²) in [4.78, 5) is 38.1. The van der Waals surface area contributed by atoms with Crippen LogP contribution in [0.4, 0.5) is 0 Å². The minimum atomic E-state index is -0.790. The highest BCUT2D eigenvalue weighted by Gasteiger charge is 2.19. The lowest BCUT2D eigenvalue weighted by atomic mass is 10.1. The van der Waals surface area contributed by atoms with Crippen LogP contribution in [0.25, 0.3) is 0 Å². The second-order valence-corrected chi connectivity index (χ2v) is 19.5. The Kier molecular flexibility index (Phi) is 55.3. The Labute approximate surface area is 433 Å². The van der Waals surface area contributed by atoms with Crippen LogP contribution in [0.5, 0.6) is 0 Å². The highest BCUT2D eigenvalue weighted by Crippen LogP contribution is 2.15. The van der Waals surface area contributed by atoms with Gasteiger partial charge in [-0.05, 0) is 96.3 Å². The molecular weight excluding hydrogens is 865 g/mol. The van der Waals surface area contributed by atoms with Crippen molar-refractivity contribution in [2.75, 3.05) is 13.2 Å². The van der Waals surface area contributed by atoms with Crippen LogP contribution < -0.4 is 0 Å². The summed E-state index contributed by atoms with van der Waals surface area (Å²) in [5.41, 5.74) is 0. The number of allylic oxidation sites excluding steroid dienone is 14. The molecule has 0 spiro atoms. The lowest BCUT2D eigenvalue weighted by molar-refractivity contribution is -0.167. The summed E-state index contributed by atoms with van der Waals surface area (Å²) < 4.78 is 16.8. The minimum absolute atomic E-state index is 0.0861. The van der Waals surface area contributed by atoms with E-state index in [1.807, 2.05) is 0 Å². The van der Waals surface area contributed by atoms with Gasteiger partial charge in [-0.25, -0.2) is 0 Å². The Bertz CT molecular complexity index is 1350. The van der Waals surface area contributed by atoms with Crippen LogP contribution in [-0.4, -0.2) is 37.2 Å². The lowest BCUT2D eigenvalue weighted by Crippen LogP contribution is -2.30. The predicted octanol–water partition coefficient (Wildman–Crippen LogP) is 19.9. The van der Waals surface area contributed by atoms with E-state index in [4.69, 9.17) is 14.2 Å². The molecular formula is C64H110O6. The van der Waals surface area contributed by atoms with Gasteiger partial charge in [0.2, 0.25) is 0 Å². The molecule has 1 atom stereocenters. The van der Waals surface area contributed by atoms with Crippen molar-refractivity contribution in [2.45, 2.75) is 290 Å². The smallest absolute Gasteiger partial charge is 0.306 e. The Morgan fingerprint density at radius 3 is 0.871 bits per heavy atom. The SMILES string of the molecule is CC/C=C\C/C=C\C/C=C\C/C=C\CCCCCCC(=O)OC(COC(=O)CCCCCCCCCCCC)COC(=O)CCCCCCCCCCCC/C=C\C/C=C\C/C=C\CCCCCCC. The van der Waals surface area contributed by atoms with Gasteiger partial charge in [-0.1, -0.05) is 254 Å². The zero-order chi connectivity index (χ0) is 50.7. The average Bonchev–Trinajstić information content (AvgIpc) is 3.36. The molecule has 0 saturated heterocycles. The maximum Gasteiger partial charge on any atom is 0.306 e. The van der Waals surface area contributed by atoms with Crippen molar-refractivity contribution < 1.29 is 28.6 Å². The van der Waals surface area contributed by atoms with Crippen LogP contribution >= 0.6 is 0 Å². The molecule has 1 unspecified atom stereocenters. The molecule has 6 heteroatoms. The van der Waals surface area contributed by atoms with E-state index in [1.54, 1.807) is 0 Å². The maximum atomic E-state index is 12.8. The van der Waals surface area contributed by atoms with Gasteiger partial charge >= 0.3 is 17.9 Å². The molecule has 0 aliphatic carbocycles. The average molecular weight is 976 g/mol. The first-order valence-electron chi connectivity index (χ1n) is 29.6. The number of esters is 3. The topological polar surface area (TPSA) is 78.9 Å². The van der Waals surface area contributed by atoms with E-state index >= 15 is 0 Å². The summed E-state index contributed by atoms with van der Waals surface area (Å²) in [7, 11) is 0. The number of rotatable bonds is 53. The molecule has 0 fully saturated rings. The van der Waals surface area contributed by atoms with E-state index < -0.39 is 6.10 Å². The fourth-order valence-corrected chi connectivity index (χ4v) is 8.21. The fourth-order valence-electron chi connectivity index (χ4n) is 8.21. The maximum absolute atomic E-state index is 12.8. The fraction of sp³-hybridized carbons (Fsp3) is 0.734. The summed E-state index contributed by atoms with van der Waals surface area (Å²) in [6, 6.07) is 0. The molecule has 402 valence electrons. The number of hydrogen-bond donors (Lipinski definition) is 0. The molecule has 0 aromatic heterocycles. The van der Waals surface area contributed by atoms with Crippen LogP contribution in [0.3, 0.4) is 0 Å². The molecule has 0 saturated carbocycles. The first kappa shape index (κ1) is 66.6. The first-order chi connectivity index (χ1) is 34.5. The molecule has 6 nitrogen and oxygen atoms in total. The van der Waals surface area contributed by atoms with Gasteiger partial charge in [0, 0.05) is 19.3 Å². The molecule has 0 amide bonds. The van der Waals surface area contributed by atoms with Gasteiger partial charge in [0.05, 0.1) is 0 Å². The highest BCUT2D eigenvalue weighted by atomic mass is 16.6. The van der Waals surface area contributed by atoms with Crippen molar-refractivity contribution in [1.82, 2.24) is 0 Å². The second-order valence-electron chi connectivity index (χ2n) is 19.5. The largest absolute Gasteiger partial charge is 0.462 e. The van der Waals surface area contributed by atoms with Gasteiger partial charge in [-0.2, -0.15) is 0 Å². The third-order valence-electron chi connectivity index (χ3n) is 12.6. The Balaban J connectivity index is 4.29. The van der Waals surface area contributed by atoms with E-state index in [2.05, 4.69) is 106 Å². The van der Waals surface area contributed by atoms with E-state index in [0.29, 0.717) is 19.3 Å².